The monoisotopic (exact) mass is 266 g/mol. The lowest BCUT2D eigenvalue weighted by atomic mass is 9.93. The highest BCUT2D eigenvalue weighted by Crippen LogP contribution is 2.35. The van der Waals surface area contributed by atoms with E-state index in [1.54, 1.807) is 0 Å². The van der Waals surface area contributed by atoms with Crippen molar-refractivity contribution in [1.29, 1.82) is 0 Å². The summed E-state index contributed by atoms with van der Waals surface area (Å²) >= 11 is 0. The van der Waals surface area contributed by atoms with Crippen LogP contribution in [0.2, 0.25) is 0 Å². The molecule has 0 fully saturated rings. The second kappa shape index (κ2) is 5.04. The highest BCUT2D eigenvalue weighted by atomic mass is 19.4. The second-order valence-corrected chi connectivity index (χ2v) is 3.80. The van der Waals surface area contributed by atoms with Gasteiger partial charge in [0.15, 0.2) is 5.78 Å². The maximum atomic E-state index is 12.7. The van der Waals surface area contributed by atoms with E-state index in [2.05, 4.69) is 0 Å². The number of Topliss-reactive ketones (excluding diaryl/α,β-unsaturated/α-hetero) is 1. The zero-order valence-corrected chi connectivity index (χ0v) is 9.74. The zero-order chi connectivity index (χ0) is 14.1. The minimum Gasteiger partial charge on any atom is -0.295 e. The number of carbonyl (C=O) groups is 1. The summed E-state index contributed by atoms with van der Waals surface area (Å²) in [7, 11) is 0. The minimum absolute atomic E-state index is 0.0227. The fourth-order valence-electron chi connectivity index (χ4n) is 1.76. The lowest BCUT2D eigenvalue weighted by molar-refractivity contribution is -0.137. The Hall–Kier alpha value is -1.46. The van der Waals surface area contributed by atoms with Crippen LogP contribution in [0.1, 0.15) is 47.3 Å². The van der Waals surface area contributed by atoms with Crippen LogP contribution in [0.3, 0.4) is 0 Å². The standard InChI is InChI=1S/C12H11F5O/c1-3-8-9(6(2)18)4-7(12(15,16)17)5-10(8)11(13)14/h4-5,11H,3H2,1-2H3. The van der Waals surface area contributed by atoms with Gasteiger partial charge in [-0.1, -0.05) is 6.92 Å². The van der Waals surface area contributed by atoms with Crippen LogP contribution in [0.15, 0.2) is 12.1 Å². The molecule has 0 saturated heterocycles. The van der Waals surface area contributed by atoms with Gasteiger partial charge in [0.2, 0.25) is 0 Å². The smallest absolute Gasteiger partial charge is 0.295 e. The van der Waals surface area contributed by atoms with E-state index in [0.717, 1.165) is 6.92 Å². The van der Waals surface area contributed by atoms with Crippen LogP contribution >= 0.6 is 0 Å². The number of hydrogen-bond acceptors (Lipinski definition) is 1. The highest BCUT2D eigenvalue weighted by molar-refractivity contribution is 5.96. The molecular weight excluding hydrogens is 255 g/mol. The van der Waals surface area contributed by atoms with Gasteiger partial charge in [-0.15, -0.1) is 0 Å². The first kappa shape index (κ1) is 14.6. The van der Waals surface area contributed by atoms with Crippen LogP contribution in [0, 0.1) is 0 Å². The number of halogens is 5. The van der Waals surface area contributed by atoms with Crippen molar-refractivity contribution in [2.24, 2.45) is 0 Å². The van der Waals surface area contributed by atoms with Crippen molar-refractivity contribution in [3.05, 3.63) is 34.4 Å². The number of rotatable bonds is 3. The first-order valence-corrected chi connectivity index (χ1v) is 5.21. The fraction of sp³-hybridized carbons (Fsp3) is 0.417. The van der Waals surface area contributed by atoms with Gasteiger partial charge in [-0.2, -0.15) is 13.2 Å². The molecule has 18 heavy (non-hydrogen) atoms. The number of alkyl halides is 5. The molecule has 0 bridgehead atoms. The lowest BCUT2D eigenvalue weighted by Crippen LogP contribution is -2.11. The van der Waals surface area contributed by atoms with E-state index in [1.807, 2.05) is 0 Å². The van der Waals surface area contributed by atoms with Gasteiger partial charge in [0.1, 0.15) is 0 Å². The number of benzene rings is 1. The van der Waals surface area contributed by atoms with Gasteiger partial charge in [-0.3, -0.25) is 4.79 Å². The largest absolute Gasteiger partial charge is 0.416 e. The van der Waals surface area contributed by atoms with Gasteiger partial charge < -0.3 is 0 Å². The average molecular weight is 266 g/mol. The number of ketones is 1. The quantitative estimate of drug-likeness (QED) is 0.585. The summed E-state index contributed by atoms with van der Waals surface area (Å²) in [6, 6.07) is 1.04. The third-order valence-corrected chi connectivity index (χ3v) is 2.58. The SMILES string of the molecule is CCc1c(C(C)=O)cc(C(F)(F)F)cc1C(F)F. The Morgan fingerprint density at radius 3 is 2.17 bits per heavy atom. The predicted molar refractivity (Wildman–Crippen MR) is 55.8 cm³/mol. The molecule has 1 nitrogen and oxygen atoms in total. The first-order valence-electron chi connectivity index (χ1n) is 5.21. The Labute approximate surface area is 101 Å². The normalized spacial score (nSPS) is 12.0. The van der Waals surface area contributed by atoms with E-state index >= 15 is 0 Å². The third kappa shape index (κ3) is 2.86. The van der Waals surface area contributed by atoms with Crippen LogP contribution in [0.5, 0.6) is 0 Å². The summed E-state index contributed by atoms with van der Waals surface area (Å²) in [5.41, 5.74) is -2.26. The van der Waals surface area contributed by atoms with E-state index in [1.165, 1.54) is 6.92 Å². The van der Waals surface area contributed by atoms with Crippen LogP contribution in [0.4, 0.5) is 22.0 Å². The summed E-state index contributed by atoms with van der Waals surface area (Å²) in [4.78, 5) is 11.3. The minimum atomic E-state index is -4.75. The molecule has 0 aliphatic heterocycles. The molecule has 0 aliphatic carbocycles. The molecule has 0 N–H and O–H groups in total. The van der Waals surface area contributed by atoms with Crippen molar-refractivity contribution in [2.45, 2.75) is 32.9 Å². The van der Waals surface area contributed by atoms with Crippen molar-refractivity contribution >= 4 is 5.78 Å². The van der Waals surface area contributed by atoms with Crippen molar-refractivity contribution < 1.29 is 26.7 Å². The van der Waals surface area contributed by atoms with Crippen LogP contribution in [0.25, 0.3) is 0 Å². The Kier molecular flexibility index (Phi) is 4.09. The Bertz CT molecular complexity index is 462. The zero-order valence-electron chi connectivity index (χ0n) is 9.74. The molecule has 1 aromatic carbocycles. The molecule has 0 heterocycles. The van der Waals surface area contributed by atoms with Crippen molar-refractivity contribution in [1.82, 2.24) is 0 Å². The first-order chi connectivity index (χ1) is 8.18. The molecule has 0 atom stereocenters. The van der Waals surface area contributed by atoms with E-state index in [9.17, 15) is 26.7 Å². The molecule has 0 saturated carbocycles. The van der Waals surface area contributed by atoms with Gasteiger partial charge in [0.25, 0.3) is 6.43 Å². The molecular formula is C12H11F5O. The summed E-state index contributed by atoms with van der Waals surface area (Å²) in [5, 5.41) is 0. The van der Waals surface area contributed by atoms with Gasteiger partial charge in [0.05, 0.1) is 5.56 Å². The maximum Gasteiger partial charge on any atom is 0.416 e. The van der Waals surface area contributed by atoms with Crippen molar-refractivity contribution in [3.63, 3.8) is 0 Å². The second-order valence-electron chi connectivity index (χ2n) is 3.80. The molecule has 0 radical (unpaired) electrons. The van der Waals surface area contributed by atoms with E-state index in [4.69, 9.17) is 0 Å². The summed E-state index contributed by atoms with van der Waals surface area (Å²) in [6.45, 7) is 2.57. The summed E-state index contributed by atoms with van der Waals surface area (Å²) < 4.78 is 63.2. The fourth-order valence-corrected chi connectivity index (χ4v) is 1.76. The molecule has 1 rings (SSSR count). The van der Waals surface area contributed by atoms with Crippen LogP contribution < -0.4 is 0 Å². The molecule has 0 spiro atoms. The molecule has 1 aromatic rings. The Balaban J connectivity index is 3.59. The van der Waals surface area contributed by atoms with Crippen molar-refractivity contribution in [3.8, 4) is 0 Å². The highest BCUT2D eigenvalue weighted by Gasteiger charge is 2.33. The number of hydrogen-bond donors (Lipinski definition) is 0. The van der Waals surface area contributed by atoms with Gasteiger partial charge >= 0.3 is 6.18 Å². The maximum absolute atomic E-state index is 12.7. The predicted octanol–water partition coefficient (Wildman–Crippen LogP) is 4.41. The molecule has 6 heteroatoms. The van der Waals surface area contributed by atoms with Crippen LogP contribution in [-0.4, -0.2) is 5.78 Å². The van der Waals surface area contributed by atoms with E-state index in [-0.39, 0.29) is 17.5 Å². The van der Waals surface area contributed by atoms with E-state index < -0.39 is 29.5 Å². The Morgan fingerprint density at radius 2 is 1.83 bits per heavy atom. The average Bonchev–Trinajstić information content (AvgIpc) is 2.25. The molecule has 0 amide bonds. The van der Waals surface area contributed by atoms with Crippen molar-refractivity contribution in [2.75, 3.05) is 0 Å². The van der Waals surface area contributed by atoms with Gasteiger partial charge in [0, 0.05) is 11.1 Å². The summed E-state index contributed by atoms with van der Waals surface area (Å²) in [5.74, 6) is -0.653. The number of carbonyl (C=O) groups excluding carboxylic acids is 1. The van der Waals surface area contributed by atoms with Gasteiger partial charge in [-0.25, -0.2) is 8.78 Å². The molecule has 100 valence electrons. The summed E-state index contributed by atoms with van der Waals surface area (Å²) in [6.07, 6.45) is -7.72. The molecule has 0 aliphatic rings. The topological polar surface area (TPSA) is 17.1 Å². The van der Waals surface area contributed by atoms with Crippen LogP contribution in [-0.2, 0) is 12.6 Å². The lowest BCUT2D eigenvalue weighted by Gasteiger charge is -2.15. The van der Waals surface area contributed by atoms with Gasteiger partial charge in [-0.05, 0) is 31.0 Å². The third-order valence-electron chi connectivity index (χ3n) is 2.58. The van der Waals surface area contributed by atoms with E-state index in [0.29, 0.717) is 12.1 Å². The Morgan fingerprint density at radius 1 is 1.28 bits per heavy atom. The molecule has 0 unspecified atom stereocenters. The molecule has 0 aromatic heterocycles.